The molecule has 36 heavy (non-hydrogen) atoms. The van der Waals surface area contributed by atoms with Crippen LogP contribution in [-0.4, -0.2) is 61.3 Å². The number of ether oxygens (including phenoxy) is 1. The molecule has 0 spiro atoms. The van der Waals surface area contributed by atoms with Crippen molar-refractivity contribution in [3.8, 4) is 11.3 Å². The summed E-state index contributed by atoms with van der Waals surface area (Å²) in [5.74, 6) is -1.33. The van der Waals surface area contributed by atoms with E-state index in [-0.39, 0.29) is 25.3 Å². The second-order valence-electron chi connectivity index (χ2n) is 8.89. The highest BCUT2D eigenvalue weighted by atomic mass is 32.2. The number of hydrogen-bond acceptors (Lipinski definition) is 9. The fourth-order valence-corrected chi connectivity index (χ4v) is 7.07. The first-order valence-electron chi connectivity index (χ1n) is 11.0. The number of fused-ring (bicyclic) bond motifs is 1. The zero-order chi connectivity index (χ0) is 25.7. The van der Waals surface area contributed by atoms with Gasteiger partial charge < -0.3 is 9.64 Å². The van der Waals surface area contributed by atoms with Crippen LogP contribution in [0.5, 0.6) is 0 Å². The van der Waals surface area contributed by atoms with Gasteiger partial charge in [0.05, 0.1) is 29.8 Å². The van der Waals surface area contributed by atoms with Crippen molar-refractivity contribution >= 4 is 27.4 Å². The van der Waals surface area contributed by atoms with Crippen molar-refractivity contribution in [3.05, 3.63) is 76.5 Å². The fraction of sp³-hybridized carbons (Fsp3) is 0.304. The average molecular weight is 512 g/mol. The molecule has 0 saturated carbocycles. The topological polar surface area (TPSA) is 155 Å². The van der Waals surface area contributed by atoms with Crippen molar-refractivity contribution in [2.24, 2.45) is 0 Å². The van der Waals surface area contributed by atoms with Crippen LogP contribution in [0.1, 0.15) is 18.9 Å². The number of carbonyl (C=O) groups excluding carboxylic acids is 2. The molecule has 1 aromatic heterocycles. The molecular formula is C23H21N5O7S. The van der Waals surface area contributed by atoms with Crippen molar-refractivity contribution < 1.29 is 27.7 Å². The first-order valence-corrected chi connectivity index (χ1v) is 12.6. The quantitative estimate of drug-likeness (QED) is 0.199. The Hall–Kier alpha value is -4.13. The lowest BCUT2D eigenvalue weighted by Crippen LogP contribution is -2.58. The molecule has 0 aliphatic carbocycles. The molecule has 1 amide bonds. The molecule has 3 aromatic rings. The minimum atomic E-state index is -3.99. The van der Waals surface area contributed by atoms with E-state index in [2.05, 4.69) is 10.3 Å². The summed E-state index contributed by atoms with van der Waals surface area (Å²) >= 11 is 0. The Morgan fingerprint density at radius 3 is 2.53 bits per heavy atom. The van der Waals surface area contributed by atoms with Crippen LogP contribution in [0.2, 0.25) is 0 Å². The van der Waals surface area contributed by atoms with Gasteiger partial charge in [0.2, 0.25) is 5.91 Å². The van der Waals surface area contributed by atoms with E-state index in [0.717, 1.165) is 10.5 Å². The summed E-state index contributed by atoms with van der Waals surface area (Å²) in [6.07, 6.45) is 1.30. The second kappa shape index (κ2) is 8.52. The van der Waals surface area contributed by atoms with Gasteiger partial charge >= 0.3 is 5.97 Å². The van der Waals surface area contributed by atoms with Crippen LogP contribution in [0.3, 0.4) is 0 Å². The van der Waals surface area contributed by atoms with Crippen LogP contribution in [-0.2, 0) is 37.3 Å². The van der Waals surface area contributed by atoms with Gasteiger partial charge in [-0.3, -0.25) is 14.9 Å². The van der Waals surface area contributed by atoms with Gasteiger partial charge in [-0.05, 0) is 24.6 Å². The maximum absolute atomic E-state index is 13.6. The number of benzene rings is 2. The zero-order valence-electron chi connectivity index (χ0n) is 19.1. The van der Waals surface area contributed by atoms with Gasteiger partial charge in [0.1, 0.15) is 16.7 Å². The van der Waals surface area contributed by atoms with E-state index in [4.69, 9.17) is 4.74 Å². The molecule has 2 aliphatic rings. The van der Waals surface area contributed by atoms with Crippen molar-refractivity contribution in [3.63, 3.8) is 0 Å². The Labute approximate surface area is 205 Å². The first kappa shape index (κ1) is 23.6. The highest BCUT2D eigenvalue weighted by molar-refractivity contribution is 7.93. The van der Waals surface area contributed by atoms with E-state index in [9.17, 15) is 28.1 Å². The van der Waals surface area contributed by atoms with E-state index in [1.54, 1.807) is 0 Å². The molecule has 0 N–H and O–H groups in total. The number of amides is 1. The summed E-state index contributed by atoms with van der Waals surface area (Å²) in [5, 5.41) is 17.7. The summed E-state index contributed by atoms with van der Waals surface area (Å²) in [4.78, 5) is 37.1. The maximum Gasteiger partial charge on any atom is 0.330 e. The maximum atomic E-state index is 13.6. The summed E-state index contributed by atoms with van der Waals surface area (Å²) in [6, 6.07) is 13.2. The number of nitrogens with zero attached hydrogens (tertiary/aromatic N) is 5. The molecule has 12 nitrogen and oxygen atoms in total. The van der Waals surface area contributed by atoms with Crippen molar-refractivity contribution in [2.75, 3.05) is 0 Å². The number of rotatable bonds is 7. The smallest absolute Gasteiger partial charge is 0.330 e. The standard InChI is InChI=1S/C23H21N5O7S/c1-23(14-26-18(12-24-25-26)16-5-3-2-4-6-16)21(27-19(29)11-20(27)36(23,33)34)22(30)35-13-15-7-9-17(10-8-15)28(31)32/h2-10,12,20-21H,11,13-14H2,1H3/t20-,21-,23-/m0/s1. The molecule has 3 heterocycles. The van der Waals surface area contributed by atoms with Gasteiger partial charge in [0.15, 0.2) is 15.9 Å². The number of nitro groups is 1. The molecule has 0 radical (unpaired) electrons. The molecule has 3 atom stereocenters. The number of nitro benzene ring substituents is 1. The second-order valence-corrected chi connectivity index (χ2v) is 11.5. The van der Waals surface area contributed by atoms with Crippen molar-refractivity contribution in [2.45, 2.75) is 42.7 Å². The molecule has 2 aliphatic heterocycles. The van der Waals surface area contributed by atoms with E-state index in [1.807, 2.05) is 30.3 Å². The summed E-state index contributed by atoms with van der Waals surface area (Å²) in [5.41, 5.74) is 1.69. The zero-order valence-corrected chi connectivity index (χ0v) is 19.9. The molecule has 0 unspecified atom stereocenters. The van der Waals surface area contributed by atoms with E-state index < -0.39 is 42.8 Å². The molecule has 186 valence electrons. The Bertz CT molecular complexity index is 1460. The molecule has 2 saturated heterocycles. The Kier molecular flexibility index (Phi) is 5.58. The van der Waals surface area contributed by atoms with E-state index in [0.29, 0.717) is 11.3 Å². The number of aromatic nitrogens is 3. The van der Waals surface area contributed by atoms with Crippen LogP contribution in [0.25, 0.3) is 11.3 Å². The lowest BCUT2D eigenvalue weighted by molar-refractivity contribution is -0.384. The van der Waals surface area contributed by atoms with Crippen molar-refractivity contribution in [1.82, 2.24) is 19.9 Å². The Balaban J connectivity index is 1.44. The third-order valence-electron chi connectivity index (χ3n) is 6.71. The van der Waals surface area contributed by atoms with Crippen LogP contribution < -0.4 is 0 Å². The van der Waals surface area contributed by atoms with Crippen molar-refractivity contribution in [1.29, 1.82) is 0 Å². The average Bonchev–Trinajstić information content (AvgIpc) is 3.36. The number of sulfone groups is 1. The normalized spacial score (nSPS) is 24.1. The summed E-state index contributed by atoms with van der Waals surface area (Å²) in [6.45, 7) is 0.952. The lowest BCUT2D eigenvalue weighted by Gasteiger charge is -2.36. The molecule has 5 rings (SSSR count). The minimum Gasteiger partial charge on any atom is -0.459 e. The fourth-order valence-electron chi connectivity index (χ4n) is 4.72. The van der Waals surface area contributed by atoms with Crippen LogP contribution in [0.4, 0.5) is 5.69 Å². The number of hydrogen-bond donors (Lipinski definition) is 0. The number of carbonyl (C=O) groups is 2. The van der Waals surface area contributed by atoms with E-state index >= 15 is 0 Å². The Morgan fingerprint density at radius 1 is 1.19 bits per heavy atom. The van der Waals surface area contributed by atoms with E-state index in [1.165, 1.54) is 42.1 Å². The monoisotopic (exact) mass is 511 g/mol. The van der Waals surface area contributed by atoms with Gasteiger partial charge in [0, 0.05) is 17.7 Å². The molecule has 2 fully saturated rings. The van der Waals surface area contributed by atoms with Gasteiger partial charge in [-0.15, -0.1) is 5.10 Å². The highest BCUT2D eigenvalue weighted by Crippen LogP contribution is 2.47. The molecule has 2 aromatic carbocycles. The predicted octanol–water partition coefficient (Wildman–Crippen LogP) is 1.71. The third kappa shape index (κ3) is 3.63. The van der Waals surface area contributed by atoms with Gasteiger partial charge in [-0.25, -0.2) is 17.9 Å². The summed E-state index contributed by atoms with van der Waals surface area (Å²) < 4.78 is 32.2. The van der Waals surface area contributed by atoms with Crippen LogP contribution in [0, 0.1) is 10.1 Å². The Morgan fingerprint density at radius 2 is 1.89 bits per heavy atom. The highest BCUT2D eigenvalue weighted by Gasteiger charge is 2.70. The minimum absolute atomic E-state index is 0.115. The molecule has 0 bridgehead atoms. The molecular weight excluding hydrogens is 490 g/mol. The number of non-ortho nitro benzene ring substituents is 1. The number of esters is 1. The van der Waals surface area contributed by atoms with Crippen LogP contribution in [0.15, 0.2) is 60.8 Å². The summed E-state index contributed by atoms with van der Waals surface area (Å²) in [7, 11) is -3.99. The van der Waals surface area contributed by atoms with Gasteiger partial charge in [-0.2, -0.15) is 0 Å². The van der Waals surface area contributed by atoms with Gasteiger partial charge in [0.25, 0.3) is 5.69 Å². The predicted molar refractivity (Wildman–Crippen MR) is 125 cm³/mol. The first-order chi connectivity index (χ1) is 17.1. The SMILES string of the molecule is C[C@]1(Cn2nncc2-c2ccccc2)[C@H](C(=O)OCc2ccc([N+](=O)[O-])cc2)N2C(=O)C[C@@H]2S1(=O)=O. The largest absolute Gasteiger partial charge is 0.459 e. The molecule has 13 heteroatoms. The number of β-lactam (4-membered cyclic amide) rings is 1. The van der Waals surface area contributed by atoms with Gasteiger partial charge in [-0.1, -0.05) is 35.5 Å². The lowest BCUT2D eigenvalue weighted by atomic mass is 9.96. The third-order valence-corrected chi connectivity index (χ3v) is 9.48. The van der Waals surface area contributed by atoms with Crippen LogP contribution >= 0.6 is 0 Å².